The van der Waals surface area contributed by atoms with Crippen molar-refractivity contribution in [2.75, 3.05) is 14.2 Å². The lowest BCUT2D eigenvalue weighted by Crippen LogP contribution is -2.17. The van der Waals surface area contributed by atoms with E-state index in [2.05, 4.69) is 4.74 Å². The summed E-state index contributed by atoms with van der Waals surface area (Å²) in [4.78, 5) is 11.1. The number of carbonyl (C=O) groups excluding carboxylic acids is 1. The second-order valence-corrected chi connectivity index (χ2v) is 3.61. The highest BCUT2D eigenvalue weighted by Gasteiger charge is 2.14. The van der Waals surface area contributed by atoms with Crippen molar-refractivity contribution < 1.29 is 14.3 Å². The number of hydrogen-bond acceptors (Lipinski definition) is 4. The number of halogens is 1. The third-order valence-electron chi connectivity index (χ3n) is 2.49. The smallest absolute Gasteiger partial charge is 0.307 e. The Balaban J connectivity index is 0.00000256. The van der Waals surface area contributed by atoms with Crippen LogP contribution in [-0.2, 0) is 9.53 Å². The van der Waals surface area contributed by atoms with E-state index in [0.717, 1.165) is 16.9 Å². The van der Waals surface area contributed by atoms with Gasteiger partial charge >= 0.3 is 5.97 Å². The summed E-state index contributed by atoms with van der Waals surface area (Å²) in [5.41, 5.74) is 7.87. The molecule has 1 rings (SSSR count). The summed E-state index contributed by atoms with van der Waals surface area (Å²) in [5, 5.41) is 0. The molecular formula is C12H18ClNO3. The van der Waals surface area contributed by atoms with E-state index in [0.29, 0.717) is 0 Å². The summed E-state index contributed by atoms with van der Waals surface area (Å²) in [6.07, 6.45) is 0.184. The molecule has 4 nitrogen and oxygen atoms in total. The number of aryl methyl sites for hydroxylation is 1. The van der Waals surface area contributed by atoms with Gasteiger partial charge in [-0.15, -0.1) is 12.4 Å². The molecule has 0 unspecified atom stereocenters. The summed E-state index contributed by atoms with van der Waals surface area (Å²) in [6, 6.07) is 5.27. The standard InChI is InChI=1S/C12H17NO3.ClH/c1-8-6-9(15-2)4-5-10(8)11(13)7-12(14)16-3;/h4-6,11H,7,13H2,1-3H3;1H/t11-;/m0./s1. The molecule has 0 fully saturated rings. The second-order valence-electron chi connectivity index (χ2n) is 3.61. The van der Waals surface area contributed by atoms with E-state index >= 15 is 0 Å². The maximum Gasteiger partial charge on any atom is 0.307 e. The first-order valence-electron chi connectivity index (χ1n) is 5.05. The number of hydrogen-bond donors (Lipinski definition) is 1. The maximum absolute atomic E-state index is 11.1. The zero-order chi connectivity index (χ0) is 12.1. The third-order valence-corrected chi connectivity index (χ3v) is 2.49. The molecule has 0 amide bonds. The van der Waals surface area contributed by atoms with Crippen molar-refractivity contribution in [1.82, 2.24) is 0 Å². The molecule has 0 spiro atoms. The molecule has 0 aromatic heterocycles. The highest BCUT2D eigenvalue weighted by atomic mass is 35.5. The van der Waals surface area contributed by atoms with Gasteiger partial charge in [-0.3, -0.25) is 4.79 Å². The number of methoxy groups -OCH3 is 2. The van der Waals surface area contributed by atoms with Gasteiger partial charge in [0.1, 0.15) is 5.75 Å². The first-order chi connectivity index (χ1) is 7.58. The normalized spacial score (nSPS) is 11.3. The monoisotopic (exact) mass is 259 g/mol. The molecule has 0 aliphatic carbocycles. The van der Waals surface area contributed by atoms with Gasteiger partial charge in [-0.2, -0.15) is 0 Å². The number of benzene rings is 1. The van der Waals surface area contributed by atoms with E-state index in [4.69, 9.17) is 10.5 Å². The molecule has 1 atom stereocenters. The van der Waals surface area contributed by atoms with E-state index < -0.39 is 0 Å². The van der Waals surface area contributed by atoms with Gasteiger partial charge < -0.3 is 15.2 Å². The summed E-state index contributed by atoms with van der Waals surface area (Å²) >= 11 is 0. The van der Waals surface area contributed by atoms with Crippen LogP contribution in [0.2, 0.25) is 0 Å². The maximum atomic E-state index is 11.1. The molecule has 0 saturated heterocycles. The largest absolute Gasteiger partial charge is 0.497 e. The molecule has 0 aliphatic rings. The molecule has 5 heteroatoms. The molecule has 2 N–H and O–H groups in total. The van der Waals surface area contributed by atoms with E-state index in [-0.39, 0.29) is 30.8 Å². The van der Waals surface area contributed by atoms with Crippen molar-refractivity contribution in [3.05, 3.63) is 29.3 Å². The van der Waals surface area contributed by atoms with Crippen LogP contribution < -0.4 is 10.5 Å². The Labute approximate surface area is 108 Å². The van der Waals surface area contributed by atoms with Crippen LogP contribution in [0.5, 0.6) is 5.75 Å². The van der Waals surface area contributed by atoms with Gasteiger partial charge in [-0.25, -0.2) is 0 Å². The molecule has 1 aromatic carbocycles. The van der Waals surface area contributed by atoms with Crippen LogP contribution >= 0.6 is 12.4 Å². The van der Waals surface area contributed by atoms with E-state index in [1.165, 1.54) is 7.11 Å². The van der Waals surface area contributed by atoms with Crippen LogP contribution in [0.1, 0.15) is 23.6 Å². The molecule has 96 valence electrons. The minimum absolute atomic E-state index is 0. The van der Waals surface area contributed by atoms with Crippen LogP contribution in [0, 0.1) is 6.92 Å². The Bertz CT molecular complexity index is 382. The first-order valence-corrected chi connectivity index (χ1v) is 5.05. The summed E-state index contributed by atoms with van der Waals surface area (Å²) in [7, 11) is 2.97. The van der Waals surface area contributed by atoms with Crippen LogP contribution in [0.15, 0.2) is 18.2 Å². The number of nitrogens with two attached hydrogens (primary N) is 1. The predicted molar refractivity (Wildman–Crippen MR) is 68.5 cm³/mol. The quantitative estimate of drug-likeness (QED) is 0.840. The Morgan fingerprint density at radius 3 is 2.53 bits per heavy atom. The fourth-order valence-corrected chi connectivity index (χ4v) is 1.56. The number of rotatable bonds is 4. The number of carbonyl (C=O) groups is 1. The molecule has 0 saturated carbocycles. The van der Waals surface area contributed by atoms with E-state index in [1.54, 1.807) is 7.11 Å². The molecule has 0 bridgehead atoms. The van der Waals surface area contributed by atoms with Gasteiger partial charge in [-0.05, 0) is 30.2 Å². The molecular weight excluding hydrogens is 242 g/mol. The van der Waals surface area contributed by atoms with Crippen LogP contribution in [0.25, 0.3) is 0 Å². The number of esters is 1. The average molecular weight is 260 g/mol. The van der Waals surface area contributed by atoms with Crippen molar-refractivity contribution >= 4 is 18.4 Å². The lowest BCUT2D eigenvalue weighted by atomic mass is 9.99. The Morgan fingerprint density at radius 2 is 2.06 bits per heavy atom. The minimum Gasteiger partial charge on any atom is -0.497 e. The topological polar surface area (TPSA) is 61.5 Å². The lowest BCUT2D eigenvalue weighted by molar-refractivity contribution is -0.141. The molecule has 1 aromatic rings. The number of ether oxygens (including phenoxy) is 2. The highest BCUT2D eigenvalue weighted by molar-refractivity contribution is 5.85. The van der Waals surface area contributed by atoms with Crippen molar-refractivity contribution in [3.63, 3.8) is 0 Å². The third kappa shape index (κ3) is 4.24. The molecule has 0 aliphatic heterocycles. The van der Waals surface area contributed by atoms with Crippen molar-refractivity contribution in [2.45, 2.75) is 19.4 Å². The van der Waals surface area contributed by atoms with Gasteiger partial charge in [-0.1, -0.05) is 6.07 Å². The summed E-state index contributed by atoms with van der Waals surface area (Å²) in [6.45, 7) is 1.94. The SMILES string of the molecule is COC(=O)C[C@H](N)c1ccc(OC)cc1C.Cl. The summed E-state index contributed by atoms with van der Waals surface area (Å²) < 4.78 is 9.68. The average Bonchev–Trinajstić information content (AvgIpc) is 2.28. The van der Waals surface area contributed by atoms with Crippen LogP contribution in [0.3, 0.4) is 0 Å². The lowest BCUT2D eigenvalue weighted by Gasteiger charge is -2.14. The van der Waals surface area contributed by atoms with Gasteiger partial charge in [0.05, 0.1) is 20.6 Å². The highest BCUT2D eigenvalue weighted by Crippen LogP contribution is 2.23. The fraction of sp³-hybridized carbons (Fsp3) is 0.417. The summed E-state index contributed by atoms with van der Waals surface area (Å²) in [5.74, 6) is 0.481. The Morgan fingerprint density at radius 1 is 1.41 bits per heavy atom. The minimum atomic E-state index is -0.335. The van der Waals surface area contributed by atoms with E-state index in [1.807, 2.05) is 25.1 Å². The van der Waals surface area contributed by atoms with Crippen molar-refractivity contribution in [1.29, 1.82) is 0 Å². The zero-order valence-electron chi connectivity index (χ0n) is 10.2. The zero-order valence-corrected chi connectivity index (χ0v) is 11.0. The van der Waals surface area contributed by atoms with E-state index in [9.17, 15) is 4.79 Å². The van der Waals surface area contributed by atoms with Gasteiger partial charge in [0.25, 0.3) is 0 Å². The van der Waals surface area contributed by atoms with Gasteiger partial charge in [0.15, 0.2) is 0 Å². The second kappa shape index (κ2) is 7.14. The Kier molecular flexibility index (Phi) is 6.61. The van der Waals surface area contributed by atoms with Gasteiger partial charge in [0, 0.05) is 6.04 Å². The van der Waals surface area contributed by atoms with Crippen LogP contribution in [-0.4, -0.2) is 20.2 Å². The fourth-order valence-electron chi connectivity index (χ4n) is 1.56. The first kappa shape index (κ1) is 15.7. The Hall–Kier alpha value is -1.26. The van der Waals surface area contributed by atoms with Gasteiger partial charge in [0.2, 0.25) is 0 Å². The molecule has 17 heavy (non-hydrogen) atoms. The van der Waals surface area contributed by atoms with Crippen molar-refractivity contribution in [2.24, 2.45) is 5.73 Å². The predicted octanol–water partition coefficient (Wildman–Crippen LogP) is 1.99. The molecule has 0 radical (unpaired) electrons. The molecule has 0 heterocycles. The van der Waals surface area contributed by atoms with Crippen molar-refractivity contribution in [3.8, 4) is 5.75 Å². The van der Waals surface area contributed by atoms with Crippen LogP contribution in [0.4, 0.5) is 0 Å².